The number of anilines is 2. The largest absolute Gasteiger partial charge is 0.418 e. The van der Waals surface area contributed by atoms with Gasteiger partial charge in [0.25, 0.3) is 0 Å². The first-order valence-electron chi connectivity index (χ1n) is 13.3. The summed E-state index contributed by atoms with van der Waals surface area (Å²) in [6.45, 7) is 8.05. The minimum atomic E-state index is -4.60. The monoisotopic (exact) mass is 573 g/mol. The second-order valence-corrected chi connectivity index (χ2v) is 10.8. The molecule has 1 N–H and O–H groups in total. The number of aromatic nitrogens is 3. The molecule has 41 heavy (non-hydrogen) atoms. The molecule has 5 rings (SSSR count). The topological polar surface area (TPSA) is 53.9 Å². The van der Waals surface area contributed by atoms with Gasteiger partial charge in [-0.15, -0.1) is 0 Å². The van der Waals surface area contributed by atoms with E-state index in [1.807, 2.05) is 6.92 Å². The standard InChI is InChI=1S/C30H29F6N5/c1-17-13-18(2)16-41(15-17)19(3)27-39-25-14-20(26-24(30(34,35)36)5-4-12-37-26)6-11-23(25)28(40-27)38-22-9-7-21(8-10-22)29(31,32)33/h4-12,14,17-19H,13,15-16H2,1-3H3,(H,38,39,40). The van der Waals surface area contributed by atoms with E-state index >= 15 is 0 Å². The molecule has 0 amide bonds. The highest BCUT2D eigenvalue weighted by Gasteiger charge is 2.35. The van der Waals surface area contributed by atoms with Crippen molar-refractivity contribution in [2.24, 2.45) is 11.8 Å². The SMILES string of the molecule is CC1CC(C)CN(C(C)c2nc(Nc3ccc(C(F)(F)F)cc3)c3ccc(-c4ncccc4C(F)(F)F)cc3n2)C1. The lowest BCUT2D eigenvalue weighted by Crippen LogP contribution is -2.40. The van der Waals surface area contributed by atoms with Crippen molar-refractivity contribution in [3.05, 3.63) is 77.7 Å². The van der Waals surface area contributed by atoms with Gasteiger partial charge in [0.15, 0.2) is 0 Å². The zero-order chi connectivity index (χ0) is 29.5. The van der Waals surface area contributed by atoms with E-state index < -0.39 is 23.5 Å². The van der Waals surface area contributed by atoms with Crippen LogP contribution in [0.1, 0.15) is 50.2 Å². The van der Waals surface area contributed by atoms with E-state index in [-0.39, 0.29) is 17.3 Å². The molecule has 1 fully saturated rings. The third kappa shape index (κ3) is 6.29. The predicted molar refractivity (Wildman–Crippen MR) is 145 cm³/mol. The average molecular weight is 574 g/mol. The van der Waals surface area contributed by atoms with E-state index in [9.17, 15) is 26.3 Å². The fourth-order valence-corrected chi connectivity index (χ4v) is 5.51. The Morgan fingerprint density at radius 2 is 1.56 bits per heavy atom. The highest BCUT2D eigenvalue weighted by atomic mass is 19.4. The summed E-state index contributed by atoms with van der Waals surface area (Å²) < 4.78 is 80.5. The van der Waals surface area contributed by atoms with Crippen LogP contribution in [0.25, 0.3) is 22.2 Å². The van der Waals surface area contributed by atoms with Crippen molar-refractivity contribution in [3.8, 4) is 11.3 Å². The van der Waals surface area contributed by atoms with Crippen molar-refractivity contribution in [2.45, 2.75) is 45.6 Å². The minimum absolute atomic E-state index is 0.206. The van der Waals surface area contributed by atoms with Gasteiger partial charge in [0.1, 0.15) is 11.6 Å². The van der Waals surface area contributed by atoms with Gasteiger partial charge in [0.2, 0.25) is 0 Å². The summed E-state index contributed by atoms with van der Waals surface area (Å²) in [6.07, 6.45) is -6.65. The summed E-state index contributed by atoms with van der Waals surface area (Å²) in [4.78, 5) is 15.8. The van der Waals surface area contributed by atoms with E-state index in [0.29, 0.717) is 40.1 Å². The number of pyridine rings is 1. The number of likely N-dealkylation sites (tertiary alicyclic amines) is 1. The maximum Gasteiger partial charge on any atom is 0.418 e. The summed E-state index contributed by atoms with van der Waals surface area (Å²) in [6, 6.07) is 11.2. The first-order chi connectivity index (χ1) is 19.3. The molecule has 1 saturated heterocycles. The smallest absolute Gasteiger partial charge is 0.340 e. The van der Waals surface area contributed by atoms with Crippen LogP contribution in [-0.2, 0) is 12.4 Å². The number of alkyl halides is 6. The Labute approximate surface area is 233 Å². The van der Waals surface area contributed by atoms with Gasteiger partial charge in [-0.3, -0.25) is 9.88 Å². The molecule has 5 nitrogen and oxygen atoms in total. The molecule has 4 aromatic rings. The van der Waals surface area contributed by atoms with Crippen LogP contribution in [0, 0.1) is 11.8 Å². The van der Waals surface area contributed by atoms with E-state index in [0.717, 1.165) is 37.7 Å². The van der Waals surface area contributed by atoms with Crippen molar-refractivity contribution in [1.29, 1.82) is 0 Å². The minimum Gasteiger partial charge on any atom is -0.340 e. The summed E-state index contributed by atoms with van der Waals surface area (Å²) in [7, 11) is 0. The number of halogens is 6. The zero-order valence-electron chi connectivity index (χ0n) is 22.7. The first-order valence-corrected chi connectivity index (χ1v) is 13.3. The van der Waals surface area contributed by atoms with E-state index in [4.69, 9.17) is 9.97 Å². The number of benzene rings is 2. The molecule has 216 valence electrons. The Kier molecular flexibility index (Phi) is 7.67. The Bertz CT molecular complexity index is 1520. The van der Waals surface area contributed by atoms with E-state index in [1.165, 1.54) is 30.5 Å². The molecule has 3 atom stereocenters. The fourth-order valence-electron chi connectivity index (χ4n) is 5.51. The molecule has 1 aliphatic heterocycles. The molecule has 1 aliphatic rings. The van der Waals surface area contributed by atoms with Crippen molar-refractivity contribution in [1.82, 2.24) is 19.9 Å². The lowest BCUT2D eigenvalue weighted by Gasteiger charge is -2.38. The Morgan fingerprint density at radius 3 is 2.20 bits per heavy atom. The van der Waals surface area contributed by atoms with Gasteiger partial charge in [0.05, 0.1) is 28.4 Å². The van der Waals surface area contributed by atoms with E-state index in [1.54, 1.807) is 12.1 Å². The van der Waals surface area contributed by atoms with Crippen molar-refractivity contribution in [3.63, 3.8) is 0 Å². The van der Waals surface area contributed by atoms with Crippen LogP contribution in [0.2, 0.25) is 0 Å². The van der Waals surface area contributed by atoms with Crippen molar-refractivity contribution < 1.29 is 26.3 Å². The lowest BCUT2D eigenvalue weighted by molar-refractivity contribution is -0.138. The quantitative estimate of drug-likeness (QED) is 0.243. The maximum atomic E-state index is 13.7. The highest BCUT2D eigenvalue weighted by Crippen LogP contribution is 2.38. The number of rotatable bonds is 5. The number of hydrogen-bond donors (Lipinski definition) is 1. The molecule has 2 aromatic carbocycles. The molecule has 3 unspecified atom stereocenters. The van der Waals surface area contributed by atoms with Crippen molar-refractivity contribution >= 4 is 22.4 Å². The van der Waals surface area contributed by atoms with Crippen LogP contribution in [0.4, 0.5) is 37.8 Å². The summed E-state index contributed by atoms with van der Waals surface area (Å²) in [5, 5.41) is 3.61. The Balaban J connectivity index is 1.60. The highest BCUT2D eigenvalue weighted by molar-refractivity contribution is 5.93. The maximum absolute atomic E-state index is 13.7. The lowest BCUT2D eigenvalue weighted by atomic mass is 9.91. The predicted octanol–water partition coefficient (Wildman–Crippen LogP) is 8.51. The second kappa shape index (κ2) is 10.9. The van der Waals surface area contributed by atoms with Gasteiger partial charge < -0.3 is 5.32 Å². The third-order valence-corrected chi connectivity index (χ3v) is 7.39. The average Bonchev–Trinajstić information content (AvgIpc) is 2.91. The Morgan fingerprint density at radius 1 is 0.878 bits per heavy atom. The van der Waals surface area contributed by atoms with Crippen LogP contribution in [-0.4, -0.2) is 32.9 Å². The molecular formula is C30H29F6N5. The normalized spacial score (nSPS) is 19.3. The zero-order valence-corrected chi connectivity index (χ0v) is 22.7. The van der Waals surface area contributed by atoms with Crippen molar-refractivity contribution in [2.75, 3.05) is 18.4 Å². The number of fused-ring (bicyclic) bond motifs is 1. The van der Waals surface area contributed by atoms with Crippen LogP contribution >= 0.6 is 0 Å². The van der Waals surface area contributed by atoms with Gasteiger partial charge in [-0.1, -0.05) is 19.9 Å². The summed E-state index contributed by atoms with van der Waals surface area (Å²) >= 11 is 0. The number of piperidine rings is 1. The molecule has 2 aromatic heterocycles. The molecule has 0 saturated carbocycles. The van der Waals surface area contributed by atoms with Gasteiger partial charge in [-0.2, -0.15) is 26.3 Å². The number of nitrogens with zero attached hydrogens (tertiary/aromatic N) is 4. The van der Waals surface area contributed by atoms with E-state index in [2.05, 4.69) is 29.0 Å². The molecule has 0 aliphatic carbocycles. The number of nitrogens with one attached hydrogen (secondary N) is 1. The summed E-state index contributed by atoms with van der Waals surface area (Å²) in [5.74, 6) is 1.76. The molecule has 0 bridgehead atoms. The van der Waals surface area contributed by atoms with Crippen LogP contribution in [0.5, 0.6) is 0 Å². The van der Waals surface area contributed by atoms with Gasteiger partial charge in [0, 0.05) is 35.9 Å². The first kappa shape index (κ1) is 28.8. The van der Waals surface area contributed by atoms with Crippen LogP contribution in [0.3, 0.4) is 0 Å². The fraction of sp³-hybridized carbons (Fsp3) is 0.367. The number of hydrogen-bond acceptors (Lipinski definition) is 5. The molecule has 0 spiro atoms. The van der Waals surface area contributed by atoms with Crippen LogP contribution < -0.4 is 5.32 Å². The second-order valence-electron chi connectivity index (χ2n) is 10.8. The van der Waals surface area contributed by atoms with Crippen LogP contribution in [0.15, 0.2) is 60.8 Å². The summed E-state index contributed by atoms with van der Waals surface area (Å²) in [5.41, 5.74) is -0.842. The van der Waals surface area contributed by atoms with Gasteiger partial charge in [-0.05, 0) is 73.7 Å². The van der Waals surface area contributed by atoms with Gasteiger partial charge in [-0.25, -0.2) is 9.97 Å². The molecule has 11 heteroatoms. The molecular weight excluding hydrogens is 544 g/mol. The van der Waals surface area contributed by atoms with Gasteiger partial charge >= 0.3 is 12.4 Å². The molecule has 3 heterocycles. The molecule has 0 radical (unpaired) electrons. The third-order valence-electron chi connectivity index (χ3n) is 7.39. The Hall–Kier alpha value is -3.73.